The van der Waals surface area contributed by atoms with Crippen LogP contribution >= 0.6 is 11.3 Å². The van der Waals surface area contributed by atoms with E-state index in [2.05, 4.69) is 159 Å². The smallest absolute Gasteiger partial charge is 0.165 e. The molecule has 2 aromatic heterocycles. The quantitative estimate of drug-likeness (QED) is 0.189. The number of benzene rings is 6. The second kappa shape index (κ2) is 11.8. The van der Waals surface area contributed by atoms with Gasteiger partial charge in [-0.3, -0.25) is 0 Å². The Bertz CT molecular complexity index is 2480. The molecule has 0 fully saturated rings. The second-order valence-corrected chi connectivity index (χ2v) is 13.5. The fourth-order valence-electron chi connectivity index (χ4n) is 7.13. The fraction of sp³-hybridized carbons (Fsp3) is 0.0682. The minimum Gasteiger partial charge on any atom is -0.208 e. The molecule has 1 aliphatic carbocycles. The van der Waals surface area contributed by atoms with Crippen LogP contribution in [-0.4, -0.2) is 15.0 Å². The van der Waals surface area contributed by atoms with Crippen molar-refractivity contribution in [2.45, 2.75) is 12.8 Å². The van der Waals surface area contributed by atoms with E-state index in [0.29, 0.717) is 23.4 Å². The van der Waals surface area contributed by atoms with Gasteiger partial charge in [0, 0.05) is 42.8 Å². The largest absolute Gasteiger partial charge is 0.208 e. The van der Waals surface area contributed by atoms with Crippen LogP contribution in [0.3, 0.4) is 0 Å². The van der Waals surface area contributed by atoms with Crippen molar-refractivity contribution in [3.63, 3.8) is 0 Å². The molecule has 1 aliphatic rings. The molecule has 3 nitrogen and oxygen atoms in total. The Balaban J connectivity index is 1.25. The first-order valence-electron chi connectivity index (χ1n) is 16.4. The van der Waals surface area contributed by atoms with Gasteiger partial charge in [0.15, 0.2) is 17.5 Å². The maximum absolute atomic E-state index is 5.29. The highest BCUT2D eigenvalue weighted by molar-refractivity contribution is 7.26. The lowest BCUT2D eigenvalue weighted by Gasteiger charge is -2.29. The Morgan fingerprint density at radius 3 is 1.94 bits per heavy atom. The van der Waals surface area contributed by atoms with E-state index < -0.39 is 0 Å². The summed E-state index contributed by atoms with van der Waals surface area (Å²) in [5.41, 5.74) is 9.19. The highest BCUT2D eigenvalue weighted by Crippen LogP contribution is 2.43. The van der Waals surface area contributed by atoms with Crippen molar-refractivity contribution in [3.8, 4) is 45.3 Å². The lowest BCUT2D eigenvalue weighted by molar-refractivity contribution is 0.619. The summed E-state index contributed by atoms with van der Waals surface area (Å²) in [6.45, 7) is 2.30. The summed E-state index contributed by atoms with van der Waals surface area (Å²) >= 11 is 1.80. The number of rotatable bonds is 5. The van der Waals surface area contributed by atoms with E-state index >= 15 is 0 Å². The average molecular weight is 634 g/mol. The maximum Gasteiger partial charge on any atom is 0.165 e. The van der Waals surface area contributed by atoms with Gasteiger partial charge in [0.2, 0.25) is 0 Å². The van der Waals surface area contributed by atoms with Crippen LogP contribution in [0.2, 0.25) is 0 Å². The summed E-state index contributed by atoms with van der Waals surface area (Å²) in [6, 6.07) is 51.5. The van der Waals surface area contributed by atoms with E-state index in [1.807, 2.05) is 6.07 Å². The van der Waals surface area contributed by atoms with Gasteiger partial charge in [-0.05, 0) is 45.9 Å². The zero-order chi connectivity index (χ0) is 32.0. The van der Waals surface area contributed by atoms with Crippen LogP contribution in [0, 0.1) is 5.92 Å². The number of thiophene rings is 1. The molecular weight excluding hydrogens is 603 g/mol. The number of nitrogens with zero attached hydrogens (tertiary/aromatic N) is 3. The van der Waals surface area contributed by atoms with Crippen molar-refractivity contribution < 1.29 is 0 Å². The van der Waals surface area contributed by atoms with Gasteiger partial charge in [0.1, 0.15) is 0 Å². The Morgan fingerprint density at radius 1 is 0.479 bits per heavy atom. The van der Waals surface area contributed by atoms with Gasteiger partial charge < -0.3 is 0 Å². The molecule has 2 heterocycles. The third-order valence-corrected chi connectivity index (χ3v) is 10.7. The first-order valence-corrected chi connectivity index (χ1v) is 17.2. The monoisotopic (exact) mass is 633 g/mol. The molecule has 6 aromatic carbocycles. The van der Waals surface area contributed by atoms with Gasteiger partial charge in [-0.25, -0.2) is 15.0 Å². The number of hydrogen-bond acceptors (Lipinski definition) is 4. The molecule has 0 bridgehead atoms. The van der Waals surface area contributed by atoms with Crippen LogP contribution < -0.4 is 0 Å². The molecule has 0 saturated heterocycles. The predicted molar refractivity (Wildman–Crippen MR) is 201 cm³/mol. The van der Waals surface area contributed by atoms with E-state index in [-0.39, 0.29) is 5.92 Å². The molecule has 0 saturated carbocycles. The Kier molecular flexibility index (Phi) is 7.02. The normalized spacial score (nSPS) is 15.5. The molecule has 0 aliphatic heterocycles. The topological polar surface area (TPSA) is 38.7 Å². The average Bonchev–Trinajstić information content (AvgIpc) is 3.54. The molecule has 0 amide bonds. The molecule has 4 heteroatoms. The summed E-state index contributed by atoms with van der Waals surface area (Å²) in [7, 11) is 0. The number of aromatic nitrogens is 3. The summed E-state index contributed by atoms with van der Waals surface area (Å²) in [6.07, 6.45) is 4.58. The molecular formula is C44H31N3S. The lowest BCUT2D eigenvalue weighted by atomic mass is 9.75. The third kappa shape index (κ3) is 4.93. The molecule has 0 spiro atoms. The summed E-state index contributed by atoms with van der Waals surface area (Å²) in [5.74, 6) is 2.54. The van der Waals surface area contributed by atoms with E-state index in [1.165, 1.54) is 42.4 Å². The number of allylic oxidation sites excluding steroid dienone is 1. The molecule has 228 valence electrons. The molecule has 0 N–H and O–H groups in total. The highest BCUT2D eigenvalue weighted by Gasteiger charge is 2.28. The van der Waals surface area contributed by atoms with Crippen molar-refractivity contribution >= 4 is 37.6 Å². The SMILES string of the molecule is CC1C=Cc2ccccc2C1c1ccccc1-c1nc(-c2ccc(-c3ccccc3)cc2)nc(-c2cccc3c2sc2ccccc23)n1. The van der Waals surface area contributed by atoms with Crippen LogP contribution in [-0.2, 0) is 0 Å². The minimum atomic E-state index is 0.183. The predicted octanol–water partition coefficient (Wildman–Crippen LogP) is 11.7. The van der Waals surface area contributed by atoms with Crippen LogP contribution in [0.5, 0.6) is 0 Å². The molecule has 0 radical (unpaired) electrons. The zero-order valence-electron chi connectivity index (χ0n) is 26.4. The Labute approximate surface area is 284 Å². The second-order valence-electron chi connectivity index (χ2n) is 12.4. The maximum atomic E-state index is 5.29. The van der Waals surface area contributed by atoms with Crippen molar-refractivity contribution in [3.05, 3.63) is 168 Å². The zero-order valence-corrected chi connectivity index (χ0v) is 27.2. The Morgan fingerprint density at radius 2 is 1.08 bits per heavy atom. The number of hydrogen-bond donors (Lipinski definition) is 0. The molecule has 2 atom stereocenters. The summed E-state index contributed by atoms with van der Waals surface area (Å²) in [4.78, 5) is 15.7. The standard InChI is InChI=1S/C44H31N3S/c1-28-22-23-31-14-5-6-15-33(31)40(28)35-17-7-8-18-37(35)43-45-42(32-26-24-30(25-27-32)29-12-3-2-4-13-29)46-44(47-43)38-20-11-19-36-34-16-9-10-21-39(34)48-41(36)38/h2-28,40H,1H3. The van der Waals surface area contributed by atoms with Crippen LogP contribution in [0.25, 0.3) is 71.5 Å². The van der Waals surface area contributed by atoms with Crippen LogP contribution in [0.15, 0.2) is 152 Å². The van der Waals surface area contributed by atoms with Crippen LogP contribution in [0.1, 0.15) is 29.5 Å². The van der Waals surface area contributed by atoms with Crippen LogP contribution in [0.4, 0.5) is 0 Å². The van der Waals surface area contributed by atoms with Crippen molar-refractivity contribution in [1.82, 2.24) is 15.0 Å². The third-order valence-electron chi connectivity index (χ3n) is 9.50. The van der Waals surface area contributed by atoms with Crippen molar-refractivity contribution in [2.24, 2.45) is 5.92 Å². The van der Waals surface area contributed by atoms with E-state index in [1.54, 1.807) is 11.3 Å². The van der Waals surface area contributed by atoms with E-state index in [0.717, 1.165) is 22.3 Å². The lowest BCUT2D eigenvalue weighted by Crippen LogP contribution is -2.15. The first kappa shape index (κ1) is 28.5. The van der Waals surface area contributed by atoms with Gasteiger partial charge in [0.05, 0.1) is 0 Å². The highest BCUT2D eigenvalue weighted by atomic mass is 32.1. The van der Waals surface area contributed by atoms with Crippen molar-refractivity contribution in [2.75, 3.05) is 0 Å². The first-order chi connectivity index (χ1) is 23.7. The van der Waals surface area contributed by atoms with Crippen molar-refractivity contribution in [1.29, 1.82) is 0 Å². The van der Waals surface area contributed by atoms with Gasteiger partial charge in [0.25, 0.3) is 0 Å². The number of fused-ring (bicyclic) bond motifs is 4. The Hall–Kier alpha value is -5.71. The van der Waals surface area contributed by atoms with Gasteiger partial charge >= 0.3 is 0 Å². The van der Waals surface area contributed by atoms with E-state index in [9.17, 15) is 0 Å². The van der Waals surface area contributed by atoms with Gasteiger partial charge in [-0.1, -0.05) is 153 Å². The fourth-order valence-corrected chi connectivity index (χ4v) is 8.34. The minimum absolute atomic E-state index is 0.183. The molecule has 2 unspecified atom stereocenters. The summed E-state index contributed by atoms with van der Waals surface area (Å²) < 4.78 is 2.45. The molecule has 48 heavy (non-hydrogen) atoms. The molecule has 8 aromatic rings. The van der Waals surface area contributed by atoms with E-state index in [4.69, 9.17) is 15.0 Å². The molecule has 9 rings (SSSR count). The summed E-state index contributed by atoms with van der Waals surface area (Å²) in [5, 5.41) is 2.48. The van der Waals surface area contributed by atoms with Gasteiger partial charge in [-0.15, -0.1) is 11.3 Å². The van der Waals surface area contributed by atoms with Gasteiger partial charge in [-0.2, -0.15) is 0 Å².